The van der Waals surface area contributed by atoms with Gasteiger partial charge in [0.25, 0.3) is 0 Å². The maximum Gasteiger partial charge on any atom is 0.122 e. The molecule has 0 saturated carbocycles. The summed E-state index contributed by atoms with van der Waals surface area (Å²) in [5.74, 6) is 1.64. The summed E-state index contributed by atoms with van der Waals surface area (Å²) in [7, 11) is 1.76. The summed E-state index contributed by atoms with van der Waals surface area (Å²) < 4.78 is 5.50. The predicted molar refractivity (Wildman–Crippen MR) is 71.9 cm³/mol. The van der Waals surface area contributed by atoms with Crippen molar-refractivity contribution in [3.63, 3.8) is 0 Å². The van der Waals surface area contributed by atoms with Crippen LogP contribution in [0.5, 0.6) is 5.75 Å². The Labute approximate surface area is 104 Å². The number of benzene rings is 1. The van der Waals surface area contributed by atoms with Gasteiger partial charge >= 0.3 is 0 Å². The maximum absolute atomic E-state index is 5.50. The standard InChI is InChI=1S/C15H23NO/c1-15(2,3)12-5-6-14(17-4)13(9-12)11-7-8-16-10-11/h5-6,9,11,16H,7-8,10H2,1-4H3. The van der Waals surface area contributed by atoms with E-state index in [2.05, 4.69) is 44.3 Å². The highest BCUT2D eigenvalue weighted by molar-refractivity contribution is 5.42. The Morgan fingerprint density at radius 1 is 1.29 bits per heavy atom. The highest BCUT2D eigenvalue weighted by atomic mass is 16.5. The number of hydrogen-bond acceptors (Lipinski definition) is 2. The van der Waals surface area contributed by atoms with Gasteiger partial charge in [-0.25, -0.2) is 0 Å². The summed E-state index contributed by atoms with van der Waals surface area (Å²) in [5, 5.41) is 3.42. The molecular formula is C15H23NO. The Morgan fingerprint density at radius 3 is 2.59 bits per heavy atom. The second-order valence-electron chi connectivity index (χ2n) is 5.90. The van der Waals surface area contributed by atoms with E-state index < -0.39 is 0 Å². The van der Waals surface area contributed by atoms with E-state index in [-0.39, 0.29) is 5.41 Å². The first-order valence-electron chi connectivity index (χ1n) is 6.41. The molecule has 17 heavy (non-hydrogen) atoms. The van der Waals surface area contributed by atoms with Crippen LogP contribution in [0.3, 0.4) is 0 Å². The van der Waals surface area contributed by atoms with Crippen molar-refractivity contribution in [1.29, 1.82) is 0 Å². The van der Waals surface area contributed by atoms with Gasteiger partial charge in [-0.3, -0.25) is 0 Å². The molecule has 1 aromatic rings. The number of nitrogens with one attached hydrogen (secondary N) is 1. The molecule has 2 rings (SSSR count). The maximum atomic E-state index is 5.50. The normalized spacial score (nSPS) is 20.6. The van der Waals surface area contributed by atoms with Crippen molar-refractivity contribution in [3.8, 4) is 5.75 Å². The van der Waals surface area contributed by atoms with E-state index in [1.807, 2.05) is 0 Å². The number of rotatable bonds is 2. The Balaban J connectivity index is 2.39. The van der Waals surface area contributed by atoms with E-state index in [1.165, 1.54) is 17.5 Å². The van der Waals surface area contributed by atoms with Crippen molar-refractivity contribution < 1.29 is 4.74 Å². The van der Waals surface area contributed by atoms with Crippen LogP contribution in [-0.2, 0) is 5.41 Å². The lowest BCUT2D eigenvalue weighted by molar-refractivity contribution is 0.405. The molecule has 1 unspecified atom stereocenters. The fourth-order valence-corrected chi connectivity index (χ4v) is 2.44. The van der Waals surface area contributed by atoms with Gasteiger partial charge < -0.3 is 10.1 Å². The zero-order chi connectivity index (χ0) is 12.5. The van der Waals surface area contributed by atoms with Gasteiger partial charge in [0.05, 0.1) is 7.11 Å². The van der Waals surface area contributed by atoms with Crippen molar-refractivity contribution in [2.45, 2.75) is 38.5 Å². The third-order valence-electron chi connectivity index (χ3n) is 3.60. The minimum atomic E-state index is 0.201. The Hall–Kier alpha value is -1.02. The molecule has 1 saturated heterocycles. The van der Waals surface area contributed by atoms with Gasteiger partial charge in [0.1, 0.15) is 5.75 Å². The van der Waals surface area contributed by atoms with Gasteiger partial charge in [-0.2, -0.15) is 0 Å². The highest BCUT2D eigenvalue weighted by Gasteiger charge is 2.23. The van der Waals surface area contributed by atoms with Crippen LogP contribution in [0.2, 0.25) is 0 Å². The molecule has 0 bridgehead atoms. The zero-order valence-electron chi connectivity index (χ0n) is 11.3. The topological polar surface area (TPSA) is 21.3 Å². The Kier molecular flexibility index (Phi) is 3.43. The minimum absolute atomic E-state index is 0.201. The van der Waals surface area contributed by atoms with Crippen LogP contribution in [0.1, 0.15) is 44.2 Å². The molecular weight excluding hydrogens is 210 g/mol. The molecule has 0 aliphatic carbocycles. The van der Waals surface area contributed by atoms with Crippen molar-refractivity contribution in [2.24, 2.45) is 0 Å². The molecule has 2 nitrogen and oxygen atoms in total. The first-order valence-corrected chi connectivity index (χ1v) is 6.41. The van der Waals surface area contributed by atoms with Gasteiger partial charge in [-0.1, -0.05) is 32.9 Å². The molecule has 2 heteroatoms. The number of methoxy groups -OCH3 is 1. The fraction of sp³-hybridized carbons (Fsp3) is 0.600. The average Bonchev–Trinajstić information content (AvgIpc) is 2.80. The van der Waals surface area contributed by atoms with E-state index >= 15 is 0 Å². The third-order valence-corrected chi connectivity index (χ3v) is 3.60. The quantitative estimate of drug-likeness (QED) is 0.847. The van der Waals surface area contributed by atoms with E-state index in [1.54, 1.807) is 7.11 Å². The lowest BCUT2D eigenvalue weighted by atomic mass is 9.84. The van der Waals surface area contributed by atoms with E-state index in [9.17, 15) is 0 Å². The summed E-state index contributed by atoms with van der Waals surface area (Å²) in [6.45, 7) is 8.96. The van der Waals surface area contributed by atoms with Crippen molar-refractivity contribution in [3.05, 3.63) is 29.3 Å². The molecule has 1 atom stereocenters. The van der Waals surface area contributed by atoms with Crippen molar-refractivity contribution >= 4 is 0 Å². The van der Waals surface area contributed by atoms with E-state index in [0.717, 1.165) is 18.8 Å². The van der Waals surface area contributed by atoms with E-state index in [0.29, 0.717) is 5.92 Å². The summed E-state index contributed by atoms with van der Waals surface area (Å²) in [4.78, 5) is 0. The van der Waals surface area contributed by atoms with Gasteiger partial charge in [0.15, 0.2) is 0 Å². The summed E-state index contributed by atoms with van der Waals surface area (Å²) in [6.07, 6.45) is 1.21. The number of ether oxygens (including phenoxy) is 1. The largest absolute Gasteiger partial charge is 0.496 e. The minimum Gasteiger partial charge on any atom is -0.496 e. The average molecular weight is 233 g/mol. The predicted octanol–water partition coefficient (Wildman–Crippen LogP) is 3.07. The zero-order valence-corrected chi connectivity index (χ0v) is 11.3. The lowest BCUT2D eigenvalue weighted by Gasteiger charge is -2.22. The van der Waals surface area contributed by atoms with Crippen molar-refractivity contribution in [2.75, 3.05) is 20.2 Å². The fourth-order valence-electron chi connectivity index (χ4n) is 2.44. The molecule has 0 spiro atoms. The first kappa shape index (κ1) is 12.4. The lowest BCUT2D eigenvalue weighted by Crippen LogP contribution is -2.13. The molecule has 1 fully saturated rings. The Morgan fingerprint density at radius 2 is 2.06 bits per heavy atom. The summed E-state index contributed by atoms with van der Waals surface area (Å²) >= 11 is 0. The van der Waals surface area contributed by atoms with Crippen LogP contribution in [0, 0.1) is 0 Å². The van der Waals surface area contributed by atoms with Crippen molar-refractivity contribution in [1.82, 2.24) is 5.32 Å². The van der Waals surface area contributed by atoms with Gasteiger partial charge in [0.2, 0.25) is 0 Å². The molecule has 1 heterocycles. The smallest absolute Gasteiger partial charge is 0.122 e. The summed E-state index contributed by atoms with van der Waals surface area (Å²) in [5.41, 5.74) is 2.96. The van der Waals surface area contributed by atoms with Crippen LogP contribution in [-0.4, -0.2) is 20.2 Å². The highest BCUT2D eigenvalue weighted by Crippen LogP contribution is 2.34. The van der Waals surface area contributed by atoms with Crippen LogP contribution < -0.4 is 10.1 Å². The number of hydrogen-bond donors (Lipinski definition) is 1. The van der Waals surface area contributed by atoms with Crippen LogP contribution in [0.4, 0.5) is 0 Å². The second-order valence-corrected chi connectivity index (χ2v) is 5.90. The molecule has 94 valence electrons. The van der Waals surface area contributed by atoms with Crippen LogP contribution in [0.25, 0.3) is 0 Å². The van der Waals surface area contributed by atoms with Gasteiger partial charge in [0, 0.05) is 12.5 Å². The molecule has 0 amide bonds. The molecule has 0 aromatic heterocycles. The second kappa shape index (κ2) is 4.69. The SMILES string of the molecule is COc1ccc(C(C)(C)C)cc1C1CCNC1. The molecule has 1 aliphatic rings. The van der Waals surface area contributed by atoms with Gasteiger partial charge in [-0.05, 0) is 35.6 Å². The Bertz CT molecular complexity index is 386. The monoisotopic (exact) mass is 233 g/mol. The third kappa shape index (κ3) is 2.63. The summed E-state index contributed by atoms with van der Waals surface area (Å²) in [6, 6.07) is 6.63. The molecule has 1 aromatic carbocycles. The molecule has 1 aliphatic heterocycles. The molecule has 1 N–H and O–H groups in total. The first-order chi connectivity index (χ1) is 8.02. The van der Waals surface area contributed by atoms with E-state index in [4.69, 9.17) is 4.74 Å². The van der Waals surface area contributed by atoms with Crippen LogP contribution in [0.15, 0.2) is 18.2 Å². The van der Waals surface area contributed by atoms with Crippen LogP contribution >= 0.6 is 0 Å². The van der Waals surface area contributed by atoms with Gasteiger partial charge in [-0.15, -0.1) is 0 Å². The molecule has 0 radical (unpaired) electrons.